The number of nitro benzene ring substituents is 1. The first kappa shape index (κ1) is 37.7. The number of ether oxygens (including phenoxy) is 2. The Morgan fingerprint density at radius 1 is 0.750 bits per heavy atom. The fraction of sp³-hybridized carbons (Fsp3) is 0.135. The summed E-state index contributed by atoms with van der Waals surface area (Å²) in [7, 11) is 1.00. The zero-order valence-corrected chi connectivity index (χ0v) is 28.2. The molecule has 0 unspecified atom stereocenters. The molecule has 3 N–H and O–H groups in total. The third-order valence-electron chi connectivity index (χ3n) is 7.15. The van der Waals surface area contributed by atoms with Crippen molar-refractivity contribution in [3.05, 3.63) is 142 Å². The van der Waals surface area contributed by atoms with E-state index in [0.29, 0.717) is 47.5 Å². The number of hydrogen-bond acceptors (Lipinski definition) is 8. The van der Waals surface area contributed by atoms with Crippen LogP contribution in [0.1, 0.15) is 13.8 Å². The number of nitrogen functional groups attached to an aromatic ring is 1. The van der Waals surface area contributed by atoms with Crippen LogP contribution in [0.4, 0.5) is 31.5 Å². The Hall–Kier alpha value is -7.10. The minimum Gasteiger partial charge on any atom is -0.437 e. The van der Waals surface area contributed by atoms with Gasteiger partial charge in [-0.25, -0.2) is 27.8 Å². The third-order valence-corrected chi connectivity index (χ3v) is 7.15. The number of nitrogens with zero attached hydrogens (tertiary/aromatic N) is 7. The van der Waals surface area contributed by atoms with E-state index in [-0.39, 0.29) is 17.3 Å². The highest BCUT2D eigenvalue weighted by atomic mass is 19.1. The van der Waals surface area contributed by atoms with E-state index < -0.39 is 22.2 Å². The molecule has 6 rings (SSSR count). The Kier molecular flexibility index (Phi) is 12.7. The minimum absolute atomic E-state index is 0.0764. The molecule has 0 aliphatic heterocycles. The quantitative estimate of drug-likeness (QED) is 0.0653. The van der Waals surface area contributed by atoms with Gasteiger partial charge in [-0.1, -0.05) is 36.4 Å². The molecule has 0 radical (unpaired) electrons. The topological polar surface area (TPSA) is 152 Å². The number of nitro groups is 1. The maximum Gasteiger partial charge on any atom is 0.314 e. The molecular formula is C37H32F2N8O5. The number of halogens is 2. The van der Waals surface area contributed by atoms with Gasteiger partial charge in [-0.3, -0.25) is 10.1 Å². The molecule has 6 aromatic rings. The molecule has 13 nitrogen and oxygen atoms in total. The summed E-state index contributed by atoms with van der Waals surface area (Å²) in [5.74, 6) is -0.0606. The molecular weight excluding hydrogens is 674 g/mol. The average Bonchev–Trinajstić information content (AvgIpc) is 3.78. The van der Waals surface area contributed by atoms with E-state index in [1.54, 1.807) is 53.2 Å². The number of anilines is 1. The molecule has 15 heteroatoms. The molecule has 0 saturated heterocycles. The Labute approximate surface area is 297 Å². The summed E-state index contributed by atoms with van der Waals surface area (Å²) in [4.78, 5) is 17.2. The van der Waals surface area contributed by atoms with Gasteiger partial charge in [0.2, 0.25) is 17.5 Å². The van der Waals surface area contributed by atoms with Crippen molar-refractivity contribution in [2.75, 3.05) is 12.8 Å². The van der Waals surface area contributed by atoms with E-state index in [1.165, 1.54) is 28.9 Å². The van der Waals surface area contributed by atoms with Crippen LogP contribution in [0, 0.1) is 34.9 Å². The SMILES string of the molecule is CO.[C-]#[N+]c1cccc(-c2cc(Oc3ccc(F)cc3N)n(CC)n2)c1.[C-]#[N+]c1cccc(-c2cc(Oc3ccc(F)cc3[N+](=O)[O-])n(CC)n2)c1. The van der Waals surface area contributed by atoms with Crippen molar-refractivity contribution in [2.45, 2.75) is 26.9 Å². The summed E-state index contributed by atoms with van der Waals surface area (Å²) in [5.41, 5.74) is 9.37. The molecule has 0 aliphatic carbocycles. The predicted octanol–water partition coefficient (Wildman–Crippen LogP) is 9.20. The van der Waals surface area contributed by atoms with Gasteiger partial charge >= 0.3 is 5.69 Å². The highest BCUT2D eigenvalue weighted by Crippen LogP contribution is 2.35. The zero-order chi connectivity index (χ0) is 37.8. The van der Waals surface area contributed by atoms with E-state index in [2.05, 4.69) is 19.9 Å². The number of aromatic nitrogens is 4. The number of aryl methyl sites for hydroxylation is 2. The van der Waals surface area contributed by atoms with Gasteiger partial charge in [-0.15, -0.1) is 0 Å². The molecule has 0 amide bonds. The van der Waals surface area contributed by atoms with Crippen LogP contribution >= 0.6 is 0 Å². The summed E-state index contributed by atoms with van der Waals surface area (Å²) in [6.07, 6.45) is 0. The summed E-state index contributed by atoms with van der Waals surface area (Å²) in [6, 6.07) is 24.6. The molecule has 0 saturated carbocycles. The molecule has 2 aromatic heterocycles. The molecule has 4 aromatic carbocycles. The normalized spacial score (nSPS) is 10.1. The van der Waals surface area contributed by atoms with Crippen LogP contribution in [0.2, 0.25) is 0 Å². The van der Waals surface area contributed by atoms with Gasteiger partial charge in [0, 0.05) is 38.4 Å². The Bertz CT molecular complexity index is 2270. The summed E-state index contributed by atoms with van der Waals surface area (Å²) in [6.45, 7) is 19.0. The van der Waals surface area contributed by atoms with Crippen molar-refractivity contribution < 1.29 is 28.3 Å². The standard InChI is InChI=1S/C18H13FN4O3.C18H15FN4O.CH4O/c1-3-22-18(26-17-8-7-13(19)10-16(17)23(24)25)11-15(21-22)12-5-4-6-14(9-12)20-2;1-3-23-18(24-17-8-7-13(19)10-15(17)20)11-16(22-23)12-5-4-6-14(9-12)21-2;1-2/h4-11H,3H2,1H3;4-11H,3,20H2,1H3;2H,1H3. The number of aliphatic hydroxyl groups is 1. The van der Waals surface area contributed by atoms with Crippen molar-refractivity contribution in [3.8, 4) is 45.8 Å². The highest BCUT2D eigenvalue weighted by molar-refractivity contribution is 5.67. The second kappa shape index (κ2) is 17.5. The van der Waals surface area contributed by atoms with Gasteiger partial charge in [0.1, 0.15) is 11.6 Å². The van der Waals surface area contributed by atoms with Crippen LogP contribution < -0.4 is 15.2 Å². The summed E-state index contributed by atoms with van der Waals surface area (Å²) < 4.78 is 41.1. The minimum atomic E-state index is -0.718. The first-order chi connectivity index (χ1) is 25.1. The zero-order valence-electron chi connectivity index (χ0n) is 28.2. The van der Waals surface area contributed by atoms with E-state index in [4.69, 9.17) is 33.5 Å². The second-order valence-corrected chi connectivity index (χ2v) is 10.4. The predicted molar refractivity (Wildman–Crippen MR) is 191 cm³/mol. The van der Waals surface area contributed by atoms with Gasteiger partial charge in [0.15, 0.2) is 17.1 Å². The van der Waals surface area contributed by atoms with Crippen molar-refractivity contribution in [3.63, 3.8) is 0 Å². The maximum atomic E-state index is 13.3. The van der Waals surface area contributed by atoms with Gasteiger partial charge < -0.3 is 20.3 Å². The summed E-state index contributed by atoms with van der Waals surface area (Å²) in [5, 5.41) is 27.0. The second-order valence-electron chi connectivity index (χ2n) is 10.4. The molecule has 0 aliphatic rings. The van der Waals surface area contributed by atoms with Crippen LogP contribution in [-0.2, 0) is 13.1 Å². The average molecular weight is 707 g/mol. The number of nitrogens with two attached hydrogens (primary N) is 1. The molecule has 0 atom stereocenters. The molecule has 52 heavy (non-hydrogen) atoms. The van der Waals surface area contributed by atoms with E-state index in [1.807, 2.05) is 26.0 Å². The maximum absolute atomic E-state index is 13.3. The van der Waals surface area contributed by atoms with Crippen LogP contribution in [0.25, 0.3) is 32.2 Å². The number of benzene rings is 4. The van der Waals surface area contributed by atoms with Crippen LogP contribution in [0.5, 0.6) is 23.3 Å². The number of hydrogen-bond donors (Lipinski definition) is 2. The largest absolute Gasteiger partial charge is 0.437 e. The van der Waals surface area contributed by atoms with Gasteiger partial charge in [-0.2, -0.15) is 10.2 Å². The fourth-order valence-corrected chi connectivity index (χ4v) is 4.73. The smallest absolute Gasteiger partial charge is 0.314 e. The van der Waals surface area contributed by atoms with Crippen molar-refractivity contribution >= 4 is 22.7 Å². The van der Waals surface area contributed by atoms with E-state index >= 15 is 0 Å². The van der Waals surface area contributed by atoms with E-state index in [0.717, 1.165) is 30.4 Å². The van der Waals surface area contributed by atoms with Gasteiger partial charge in [0.05, 0.1) is 41.2 Å². The first-order valence-electron chi connectivity index (χ1n) is 15.5. The van der Waals surface area contributed by atoms with Crippen LogP contribution in [0.15, 0.2) is 97.1 Å². The Morgan fingerprint density at radius 2 is 1.21 bits per heavy atom. The lowest BCUT2D eigenvalue weighted by molar-refractivity contribution is -0.385. The molecule has 264 valence electrons. The fourth-order valence-electron chi connectivity index (χ4n) is 4.73. The lowest BCUT2D eigenvalue weighted by atomic mass is 10.1. The van der Waals surface area contributed by atoms with E-state index in [9.17, 15) is 18.9 Å². The Morgan fingerprint density at radius 3 is 1.65 bits per heavy atom. The van der Waals surface area contributed by atoms with Gasteiger partial charge in [-0.05, 0) is 61.4 Å². The van der Waals surface area contributed by atoms with Crippen molar-refractivity contribution in [2.24, 2.45) is 0 Å². The highest BCUT2D eigenvalue weighted by Gasteiger charge is 2.20. The van der Waals surface area contributed by atoms with Gasteiger partial charge in [0.25, 0.3) is 0 Å². The number of rotatable bonds is 9. The van der Waals surface area contributed by atoms with Crippen LogP contribution in [0.3, 0.4) is 0 Å². The third kappa shape index (κ3) is 9.12. The lowest BCUT2D eigenvalue weighted by Gasteiger charge is -2.09. The van der Waals surface area contributed by atoms with Crippen molar-refractivity contribution in [1.82, 2.24) is 19.6 Å². The molecule has 2 heterocycles. The Balaban J connectivity index is 0.000000223. The summed E-state index contributed by atoms with van der Waals surface area (Å²) >= 11 is 0. The molecule has 0 spiro atoms. The first-order valence-corrected chi connectivity index (χ1v) is 15.5. The molecule has 0 bridgehead atoms. The van der Waals surface area contributed by atoms with Crippen molar-refractivity contribution in [1.29, 1.82) is 0 Å². The monoisotopic (exact) mass is 706 g/mol. The lowest BCUT2D eigenvalue weighted by Crippen LogP contribution is -2.01. The number of aliphatic hydroxyl groups excluding tert-OH is 1. The molecule has 0 fully saturated rings. The van der Waals surface area contributed by atoms with Crippen LogP contribution in [-0.4, -0.2) is 36.7 Å².